The molecule has 0 saturated carbocycles. The maximum Gasteiger partial charge on any atom is 0.410 e. The predicted molar refractivity (Wildman–Crippen MR) is 75.6 cm³/mol. The second-order valence-corrected chi connectivity index (χ2v) is 4.97. The third-order valence-electron chi connectivity index (χ3n) is 3.79. The zero-order chi connectivity index (χ0) is 15.3. The van der Waals surface area contributed by atoms with Crippen LogP contribution in [0.1, 0.15) is 12.0 Å². The fraction of sp³-hybridized carbons (Fsp3) is 0.533. The monoisotopic (exact) mass is 295 g/mol. The van der Waals surface area contributed by atoms with E-state index in [-0.39, 0.29) is 13.2 Å². The number of β-amino-alcohol motifs (C(OH)–C–C–N with tert-alkyl or cyclic N) is 1. The number of hydrogen-bond acceptors (Lipinski definition) is 5. The van der Waals surface area contributed by atoms with E-state index < -0.39 is 18.0 Å². The van der Waals surface area contributed by atoms with Gasteiger partial charge in [0.05, 0.1) is 6.54 Å². The lowest BCUT2D eigenvalue weighted by atomic mass is 10.0. The molecule has 6 heteroatoms. The standard InChI is InChI=1S/C15H21NO5/c1-19-15(20-2)8-9-16(10-13(15)17)14(18)21-11-12-6-4-3-5-7-12/h3-7,13,17H,8-11H2,1-2H3/t13-/m1/s1. The van der Waals surface area contributed by atoms with Crippen molar-refractivity contribution < 1.29 is 24.1 Å². The fourth-order valence-corrected chi connectivity index (χ4v) is 2.43. The Balaban J connectivity index is 1.87. The molecule has 1 saturated heterocycles. The van der Waals surface area contributed by atoms with E-state index in [1.165, 1.54) is 19.1 Å². The minimum Gasteiger partial charge on any atom is -0.445 e. The van der Waals surface area contributed by atoms with Gasteiger partial charge in [0.2, 0.25) is 0 Å². The molecule has 0 unspecified atom stereocenters. The number of amides is 1. The van der Waals surface area contributed by atoms with Gasteiger partial charge in [-0.05, 0) is 5.56 Å². The van der Waals surface area contributed by atoms with Gasteiger partial charge >= 0.3 is 6.09 Å². The highest BCUT2D eigenvalue weighted by Gasteiger charge is 2.44. The lowest BCUT2D eigenvalue weighted by molar-refractivity contribution is -0.276. The van der Waals surface area contributed by atoms with Crippen LogP contribution in [0.3, 0.4) is 0 Å². The van der Waals surface area contributed by atoms with Crippen LogP contribution >= 0.6 is 0 Å². The van der Waals surface area contributed by atoms with Gasteiger partial charge in [-0.15, -0.1) is 0 Å². The van der Waals surface area contributed by atoms with E-state index in [9.17, 15) is 9.90 Å². The zero-order valence-corrected chi connectivity index (χ0v) is 12.3. The van der Waals surface area contributed by atoms with Crippen molar-refractivity contribution in [2.45, 2.75) is 24.9 Å². The summed E-state index contributed by atoms with van der Waals surface area (Å²) in [5.74, 6) is -1.05. The number of nitrogens with zero attached hydrogens (tertiary/aromatic N) is 1. The Morgan fingerprint density at radius 1 is 1.33 bits per heavy atom. The van der Waals surface area contributed by atoms with Gasteiger partial charge in [-0.25, -0.2) is 4.79 Å². The molecule has 1 N–H and O–H groups in total. The number of benzene rings is 1. The number of rotatable bonds is 4. The van der Waals surface area contributed by atoms with Crippen molar-refractivity contribution in [2.75, 3.05) is 27.3 Å². The first-order chi connectivity index (χ1) is 10.1. The summed E-state index contributed by atoms with van der Waals surface area (Å²) in [5.41, 5.74) is 0.923. The van der Waals surface area contributed by atoms with Crippen molar-refractivity contribution >= 4 is 6.09 Å². The summed E-state index contributed by atoms with van der Waals surface area (Å²) in [5, 5.41) is 10.1. The van der Waals surface area contributed by atoms with E-state index in [0.717, 1.165) is 5.56 Å². The number of ether oxygens (including phenoxy) is 3. The van der Waals surface area contributed by atoms with Crippen molar-refractivity contribution in [1.29, 1.82) is 0 Å². The summed E-state index contributed by atoms with van der Waals surface area (Å²) in [6.07, 6.45) is -0.967. The predicted octanol–water partition coefficient (Wildman–Crippen LogP) is 1.38. The highest BCUT2D eigenvalue weighted by Crippen LogP contribution is 2.27. The number of hydrogen-bond donors (Lipinski definition) is 1. The molecular formula is C15H21NO5. The summed E-state index contributed by atoms with van der Waals surface area (Å²) in [6, 6.07) is 9.46. The number of piperidine rings is 1. The smallest absolute Gasteiger partial charge is 0.410 e. The summed E-state index contributed by atoms with van der Waals surface area (Å²) in [4.78, 5) is 13.5. The quantitative estimate of drug-likeness (QED) is 0.850. The molecular weight excluding hydrogens is 274 g/mol. The summed E-state index contributed by atoms with van der Waals surface area (Å²) in [7, 11) is 2.96. The number of carbonyl (C=O) groups excluding carboxylic acids is 1. The van der Waals surface area contributed by atoms with Gasteiger partial charge in [-0.2, -0.15) is 0 Å². The van der Waals surface area contributed by atoms with E-state index >= 15 is 0 Å². The van der Waals surface area contributed by atoms with Crippen LogP contribution in [0.15, 0.2) is 30.3 Å². The Bertz CT molecular complexity index is 460. The van der Waals surface area contributed by atoms with E-state index in [4.69, 9.17) is 14.2 Å². The maximum atomic E-state index is 12.0. The number of aliphatic hydroxyl groups excluding tert-OH is 1. The van der Waals surface area contributed by atoms with Crippen LogP contribution in [-0.4, -0.2) is 55.3 Å². The van der Waals surface area contributed by atoms with Gasteiger partial charge in [0, 0.05) is 27.2 Å². The molecule has 21 heavy (non-hydrogen) atoms. The Kier molecular flexibility index (Phi) is 5.17. The fourth-order valence-electron chi connectivity index (χ4n) is 2.43. The molecule has 1 aromatic rings. The van der Waals surface area contributed by atoms with Crippen LogP contribution in [0.5, 0.6) is 0 Å². The molecule has 1 fully saturated rings. The first-order valence-corrected chi connectivity index (χ1v) is 6.85. The number of aliphatic hydroxyl groups is 1. The average Bonchev–Trinajstić information content (AvgIpc) is 2.54. The normalized spacial score (nSPS) is 21.1. The third-order valence-corrected chi connectivity index (χ3v) is 3.79. The molecule has 0 spiro atoms. The SMILES string of the molecule is COC1(OC)CCN(C(=O)OCc2ccccc2)C[C@H]1O. The second kappa shape index (κ2) is 6.89. The Hall–Kier alpha value is -1.63. The average molecular weight is 295 g/mol. The van der Waals surface area contributed by atoms with Crippen LogP contribution in [0.2, 0.25) is 0 Å². The van der Waals surface area contributed by atoms with Crippen LogP contribution in [0, 0.1) is 0 Å². The number of carbonyl (C=O) groups is 1. The highest BCUT2D eigenvalue weighted by molar-refractivity contribution is 5.67. The molecule has 116 valence electrons. The van der Waals surface area contributed by atoms with Gasteiger partial charge in [-0.3, -0.25) is 0 Å². The molecule has 1 aliphatic rings. The van der Waals surface area contributed by atoms with E-state index in [1.807, 2.05) is 30.3 Å². The largest absolute Gasteiger partial charge is 0.445 e. The van der Waals surface area contributed by atoms with Crippen LogP contribution in [0.4, 0.5) is 4.79 Å². The topological polar surface area (TPSA) is 68.2 Å². The van der Waals surface area contributed by atoms with Gasteiger partial charge in [0.25, 0.3) is 0 Å². The molecule has 1 amide bonds. The van der Waals surface area contributed by atoms with Crippen molar-refractivity contribution in [3.8, 4) is 0 Å². The first-order valence-electron chi connectivity index (χ1n) is 6.85. The minimum absolute atomic E-state index is 0.120. The van der Waals surface area contributed by atoms with Crippen LogP contribution in [-0.2, 0) is 20.8 Å². The molecule has 6 nitrogen and oxygen atoms in total. The van der Waals surface area contributed by atoms with Crippen molar-refractivity contribution in [3.05, 3.63) is 35.9 Å². The Morgan fingerprint density at radius 3 is 2.57 bits per heavy atom. The maximum absolute atomic E-state index is 12.0. The second-order valence-electron chi connectivity index (χ2n) is 4.97. The van der Waals surface area contributed by atoms with Gasteiger partial charge in [0.15, 0.2) is 5.79 Å². The summed E-state index contributed by atoms with van der Waals surface area (Å²) >= 11 is 0. The number of methoxy groups -OCH3 is 2. The number of likely N-dealkylation sites (tertiary alicyclic amines) is 1. The molecule has 1 heterocycles. The Morgan fingerprint density at radius 2 is 2.00 bits per heavy atom. The third kappa shape index (κ3) is 3.53. The lowest BCUT2D eigenvalue weighted by Gasteiger charge is -2.42. The van der Waals surface area contributed by atoms with Crippen molar-refractivity contribution in [3.63, 3.8) is 0 Å². The minimum atomic E-state index is -1.05. The molecule has 0 bridgehead atoms. The molecule has 0 aliphatic carbocycles. The first kappa shape index (κ1) is 15.8. The van der Waals surface area contributed by atoms with E-state index in [2.05, 4.69) is 0 Å². The van der Waals surface area contributed by atoms with E-state index in [1.54, 1.807) is 0 Å². The van der Waals surface area contributed by atoms with Crippen molar-refractivity contribution in [2.24, 2.45) is 0 Å². The van der Waals surface area contributed by atoms with E-state index in [0.29, 0.717) is 13.0 Å². The molecule has 1 atom stereocenters. The molecule has 0 aromatic heterocycles. The lowest BCUT2D eigenvalue weighted by Crippen LogP contribution is -2.58. The van der Waals surface area contributed by atoms with Crippen LogP contribution < -0.4 is 0 Å². The molecule has 1 aromatic carbocycles. The Labute approximate surface area is 124 Å². The molecule has 0 radical (unpaired) electrons. The molecule has 1 aliphatic heterocycles. The van der Waals surface area contributed by atoms with Gasteiger partial charge < -0.3 is 24.2 Å². The summed E-state index contributed by atoms with van der Waals surface area (Å²) in [6.45, 7) is 0.744. The van der Waals surface area contributed by atoms with Crippen molar-refractivity contribution in [1.82, 2.24) is 4.90 Å². The zero-order valence-electron chi connectivity index (χ0n) is 12.3. The van der Waals surface area contributed by atoms with Gasteiger partial charge in [-0.1, -0.05) is 30.3 Å². The van der Waals surface area contributed by atoms with Crippen LogP contribution in [0.25, 0.3) is 0 Å². The molecule has 2 rings (SSSR count). The highest BCUT2D eigenvalue weighted by atomic mass is 16.7. The summed E-state index contributed by atoms with van der Waals surface area (Å²) < 4.78 is 15.7. The van der Waals surface area contributed by atoms with Gasteiger partial charge in [0.1, 0.15) is 12.7 Å².